The molecular weight excluding hydrogens is 357 g/mol. The van der Waals surface area contributed by atoms with Gasteiger partial charge in [0, 0.05) is 6.66 Å². The van der Waals surface area contributed by atoms with Gasteiger partial charge < -0.3 is 20.1 Å². The van der Waals surface area contributed by atoms with Gasteiger partial charge in [0.05, 0.1) is 6.61 Å². The number of anilines is 1. The van der Waals surface area contributed by atoms with Gasteiger partial charge >= 0.3 is 7.60 Å². The SMILES string of the molecule is CSc1nc2c(N)ncnc2n1[C@@H]1O[C@@H]2COP(C)(=O)O[C@H]2[C@H]1O. The second kappa shape index (κ2) is 5.65. The lowest BCUT2D eigenvalue weighted by Gasteiger charge is -2.29. The van der Waals surface area contributed by atoms with Gasteiger partial charge in [-0.3, -0.25) is 13.7 Å². The number of rotatable bonds is 2. The van der Waals surface area contributed by atoms with Crippen LogP contribution in [-0.2, 0) is 18.3 Å². The van der Waals surface area contributed by atoms with Crippen LogP contribution < -0.4 is 5.73 Å². The Balaban J connectivity index is 1.78. The van der Waals surface area contributed by atoms with Crippen molar-refractivity contribution >= 4 is 36.3 Å². The van der Waals surface area contributed by atoms with E-state index in [1.165, 1.54) is 24.8 Å². The minimum Gasteiger partial charge on any atom is -0.386 e. The molecule has 2 aliphatic heterocycles. The lowest BCUT2D eigenvalue weighted by Crippen LogP contribution is -2.39. The van der Waals surface area contributed by atoms with Crippen molar-refractivity contribution in [2.24, 2.45) is 0 Å². The number of aliphatic hydroxyl groups excluding tert-OH is 1. The second-order valence-electron chi connectivity index (χ2n) is 5.59. The first-order valence-electron chi connectivity index (χ1n) is 7.17. The summed E-state index contributed by atoms with van der Waals surface area (Å²) in [5, 5.41) is 11.2. The number of aliphatic hydroxyl groups is 1. The smallest absolute Gasteiger partial charge is 0.328 e. The molecule has 0 radical (unpaired) electrons. The van der Waals surface area contributed by atoms with Gasteiger partial charge in [0.1, 0.15) is 24.6 Å². The van der Waals surface area contributed by atoms with Gasteiger partial charge in [-0.2, -0.15) is 0 Å². The van der Waals surface area contributed by atoms with Crippen LogP contribution in [0, 0.1) is 0 Å². The van der Waals surface area contributed by atoms with Crippen LogP contribution in [0.4, 0.5) is 5.82 Å². The number of nitrogens with two attached hydrogens (primary N) is 1. The average Bonchev–Trinajstić information content (AvgIpc) is 3.06. The molecule has 2 aliphatic rings. The van der Waals surface area contributed by atoms with Gasteiger partial charge in [-0.25, -0.2) is 15.0 Å². The van der Waals surface area contributed by atoms with Crippen molar-refractivity contribution in [3.63, 3.8) is 0 Å². The molecule has 0 amide bonds. The number of nitrogen functional groups attached to an aromatic ring is 1. The van der Waals surface area contributed by atoms with Crippen molar-refractivity contribution < 1.29 is 23.5 Å². The van der Waals surface area contributed by atoms with Crippen LogP contribution in [0.3, 0.4) is 0 Å². The standard InChI is InChI=1S/C12H16N5O5PS/c1-23(19)20-3-5-8(22-23)7(18)11(21-5)17-10-6(16-12(17)24-2)9(13)14-4-15-10/h4-5,7-8,11,18H,3H2,1-2H3,(H2,13,14,15)/t5-,7-,8-,11-,23?/m1/s1. The first-order valence-corrected chi connectivity index (χ1v) is 10.4. The summed E-state index contributed by atoms with van der Waals surface area (Å²) in [6.07, 6.45) is 0.0448. The predicted octanol–water partition coefficient (Wildman–Crippen LogP) is 0.627. The van der Waals surface area contributed by atoms with Crippen molar-refractivity contribution in [2.75, 3.05) is 25.3 Å². The van der Waals surface area contributed by atoms with Gasteiger partial charge in [0.2, 0.25) is 0 Å². The van der Waals surface area contributed by atoms with Crippen molar-refractivity contribution in [1.82, 2.24) is 19.5 Å². The highest BCUT2D eigenvalue weighted by atomic mass is 32.2. The maximum absolute atomic E-state index is 12.0. The van der Waals surface area contributed by atoms with Crippen molar-refractivity contribution in [3.8, 4) is 0 Å². The molecule has 0 bridgehead atoms. The molecule has 2 fully saturated rings. The minimum atomic E-state index is -3.19. The second-order valence-corrected chi connectivity index (χ2v) is 8.38. The Morgan fingerprint density at radius 2 is 2.29 bits per heavy atom. The van der Waals surface area contributed by atoms with Crippen LogP contribution in [0.5, 0.6) is 0 Å². The van der Waals surface area contributed by atoms with Crippen LogP contribution >= 0.6 is 19.4 Å². The van der Waals surface area contributed by atoms with Gasteiger partial charge in [-0.05, 0) is 6.26 Å². The molecule has 0 aromatic carbocycles. The highest BCUT2D eigenvalue weighted by molar-refractivity contribution is 7.98. The zero-order valence-corrected chi connectivity index (χ0v) is 14.6. The fourth-order valence-electron chi connectivity index (χ4n) is 2.94. The topological polar surface area (TPSA) is 135 Å². The number of fused-ring (bicyclic) bond motifs is 2. The van der Waals surface area contributed by atoms with E-state index in [0.29, 0.717) is 16.3 Å². The number of thioether (sulfide) groups is 1. The molecule has 0 saturated carbocycles. The van der Waals surface area contributed by atoms with Crippen LogP contribution in [0.25, 0.3) is 11.2 Å². The first-order chi connectivity index (χ1) is 11.4. The number of ether oxygens (including phenoxy) is 1. The number of hydrogen-bond donors (Lipinski definition) is 2. The summed E-state index contributed by atoms with van der Waals surface area (Å²) in [6, 6.07) is 0. The Morgan fingerprint density at radius 1 is 1.50 bits per heavy atom. The summed E-state index contributed by atoms with van der Waals surface area (Å²) >= 11 is 1.36. The third-order valence-electron chi connectivity index (χ3n) is 4.01. The Hall–Kier alpha value is -1.23. The summed E-state index contributed by atoms with van der Waals surface area (Å²) in [6.45, 7) is 1.46. The van der Waals surface area contributed by atoms with E-state index >= 15 is 0 Å². The molecule has 0 aliphatic carbocycles. The van der Waals surface area contributed by atoms with Crippen LogP contribution in [0.15, 0.2) is 11.5 Å². The van der Waals surface area contributed by atoms with Crippen molar-refractivity contribution in [1.29, 1.82) is 0 Å². The third-order valence-corrected chi connectivity index (χ3v) is 5.90. The molecule has 4 heterocycles. The molecule has 2 saturated heterocycles. The summed E-state index contributed by atoms with van der Waals surface area (Å²) in [7, 11) is -3.19. The van der Waals surface area contributed by atoms with Gasteiger partial charge in [0.15, 0.2) is 28.4 Å². The lowest BCUT2D eigenvalue weighted by molar-refractivity contribution is -0.0605. The molecule has 5 atom stereocenters. The molecule has 3 N–H and O–H groups in total. The fraction of sp³-hybridized carbons (Fsp3) is 0.583. The Labute approximate surface area is 141 Å². The number of aromatic nitrogens is 4. The third kappa shape index (κ3) is 2.43. The number of hydrogen-bond acceptors (Lipinski definition) is 10. The highest BCUT2D eigenvalue weighted by Gasteiger charge is 2.52. The van der Waals surface area contributed by atoms with E-state index in [2.05, 4.69) is 15.0 Å². The summed E-state index contributed by atoms with van der Waals surface area (Å²) < 4.78 is 30.2. The molecular formula is C12H16N5O5PS. The number of imidazole rings is 1. The summed E-state index contributed by atoms with van der Waals surface area (Å²) in [5.41, 5.74) is 6.75. The van der Waals surface area contributed by atoms with Crippen LogP contribution in [0.2, 0.25) is 0 Å². The van der Waals surface area contributed by atoms with E-state index in [9.17, 15) is 9.67 Å². The van der Waals surface area contributed by atoms with Crippen LogP contribution in [-0.4, -0.2) is 62.5 Å². The zero-order chi connectivity index (χ0) is 17.1. The monoisotopic (exact) mass is 373 g/mol. The minimum absolute atomic E-state index is 0.0877. The molecule has 10 nitrogen and oxygen atoms in total. The van der Waals surface area contributed by atoms with E-state index in [0.717, 1.165) is 0 Å². The summed E-state index contributed by atoms with van der Waals surface area (Å²) in [5.74, 6) is 0.247. The number of nitrogens with zero attached hydrogens (tertiary/aromatic N) is 4. The molecule has 4 rings (SSSR count). The van der Waals surface area contributed by atoms with E-state index < -0.39 is 32.1 Å². The molecule has 12 heteroatoms. The van der Waals surface area contributed by atoms with Gasteiger partial charge in [0.25, 0.3) is 0 Å². The van der Waals surface area contributed by atoms with Crippen molar-refractivity contribution in [3.05, 3.63) is 6.33 Å². The van der Waals surface area contributed by atoms with Crippen molar-refractivity contribution in [2.45, 2.75) is 29.7 Å². The van der Waals surface area contributed by atoms with E-state index in [-0.39, 0.29) is 12.4 Å². The normalized spacial score (nSPS) is 36.1. The van der Waals surface area contributed by atoms with Gasteiger partial charge in [-0.15, -0.1) is 0 Å². The molecule has 2 aromatic rings. The van der Waals surface area contributed by atoms with E-state index in [1.807, 2.05) is 6.26 Å². The van der Waals surface area contributed by atoms with E-state index in [1.54, 1.807) is 4.57 Å². The molecule has 1 unspecified atom stereocenters. The maximum atomic E-state index is 12.0. The predicted molar refractivity (Wildman–Crippen MR) is 85.8 cm³/mol. The molecule has 24 heavy (non-hydrogen) atoms. The lowest BCUT2D eigenvalue weighted by atomic mass is 10.1. The zero-order valence-electron chi connectivity index (χ0n) is 12.9. The molecule has 2 aromatic heterocycles. The summed E-state index contributed by atoms with van der Waals surface area (Å²) in [4.78, 5) is 12.6. The van der Waals surface area contributed by atoms with E-state index in [4.69, 9.17) is 19.5 Å². The first kappa shape index (κ1) is 16.2. The van der Waals surface area contributed by atoms with Gasteiger partial charge in [-0.1, -0.05) is 11.8 Å². The Morgan fingerprint density at radius 3 is 3.04 bits per heavy atom. The Bertz CT molecular complexity index is 847. The largest absolute Gasteiger partial charge is 0.386 e. The Kier molecular flexibility index (Phi) is 3.83. The van der Waals surface area contributed by atoms with Crippen LogP contribution in [0.1, 0.15) is 6.23 Å². The molecule has 0 spiro atoms. The average molecular weight is 373 g/mol. The highest BCUT2D eigenvalue weighted by Crippen LogP contribution is 2.53. The molecule has 130 valence electrons. The fourth-order valence-corrected chi connectivity index (χ4v) is 4.69. The quantitative estimate of drug-likeness (QED) is 0.570. The maximum Gasteiger partial charge on any atom is 0.328 e.